The summed E-state index contributed by atoms with van der Waals surface area (Å²) in [6.45, 7) is 8.79. The minimum Gasteiger partial charge on any atom is -0.496 e. The number of nitrogens with one attached hydrogen (secondary N) is 2. The van der Waals surface area contributed by atoms with Gasteiger partial charge < -0.3 is 30.7 Å². The van der Waals surface area contributed by atoms with Crippen LogP contribution in [0.15, 0.2) is 45.9 Å². The normalized spacial score (nSPS) is 14.5. The van der Waals surface area contributed by atoms with Crippen LogP contribution < -0.4 is 22.4 Å². The number of aliphatic imine (C=N–C) groups is 2. The van der Waals surface area contributed by atoms with Gasteiger partial charge in [0.2, 0.25) is 5.62 Å². The van der Waals surface area contributed by atoms with E-state index in [4.69, 9.17) is 21.6 Å². The van der Waals surface area contributed by atoms with Gasteiger partial charge in [0.15, 0.2) is 5.96 Å². The Morgan fingerprint density at radius 3 is 2.50 bits per heavy atom. The van der Waals surface area contributed by atoms with Crippen molar-refractivity contribution in [2.75, 3.05) is 26.2 Å². The smallest absolute Gasteiger partial charge is 0.202 e. The second-order valence-electron chi connectivity index (χ2n) is 8.62. The fourth-order valence-electron chi connectivity index (χ4n) is 3.82. The third-order valence-electron chi connectivity index (χ3n) is 5.84. The SMILES string of the molecule is CC/C(=C\C=C(/C)OCCn1ccn(CCCCCCCCN=C(N)N)c1=N)C1=NCCCN1. The molecule has 1 aromatic heterocycles. The zero-order valence-electron chi connectivity index (χ0n) is 21.1. The Labute approximate surface area is 204 Å². The molecule has 0 fully saturated rings. The lowest BCUT2D eigenvalue weighted by molar-refractivity contribution is 0.200. The summed E-state index contributed by atoms with van der Waals surface area (Å²) in [4.78, 5) is 8.58. The highest BCUT2D eigenvalue weighted by Gasteiger charge is 2.07. The van der Waals surface area contributed by atoms with Gasteiger partial charge in [-0.15, -0.1) is 0 Å². The Morgan fingerprint density at radius 1 is 1.12 bits per heavy atom. The molecule has 1 aliphatic rings. The number of amidine groups is 1. The number of aromatic nitrogens is 2. The first-order valence-electron chi connectivity index (χ1n) is 12.7. The van der Waals surface area contributed by atoms with E-state index in [0.717, 1.165) is 69.9 Å². The van der Waals surface area contributed by atoms with Crippen molar-refractivity contribution in [2.45, 2.75) is 78.3 Å². The predicted molar refractivity (Wildman–Crippen MR) is 140 cm³/mol. The van der Waals surface area contributed by atoms with E-state index in [2.05, 4.69) is 28.3 Å². The molecule has 9 nitrogen and oxygen atoms in total. The topological polar surface area (TPSA) is 132 Å². The summed E-state index contributed by atoms with van der Waals surface area (Å²) in [5.41, 5.74) is 12.4. The number of guanidine groups is 1. The van der Waals surface area contributed by atoms with Gasteiger partial charge in [0, 0.05) is 38.6 Å². The quantitative estimate of drug-likeness (QED) is 0.0968. The van der Waals surface area contributed by atoms with Gasteiger partial charge >= 0.3 is 0 Å². The van der Waals surface area contributed by atoms with Gasteiger partial charge in [0.05, 0.1) is 12.3 Å². The van der Waals surface area contributed by atoms with Crippen molar-refractivity contribution in [1.29, 1.82) is 5.41 Å². The van der Waals surface area contributed by atoms with Crippen molar-refractivity contribution in [3.05, 3.63) is 41.5 Å². The second kappa shape index (κ2) is 15.8. The molecule has 1 aliphatic heterocycles. The molecule has 0 amide bonds. The fraction of sp³-hybridized carbons (Fsp3) is 0.640. The van der Waals surface area contributed by atoms with Crippen LogP contribution in [-0.4, -0.2) is 47.2 Å². The van der Waals surface area contributed by atoms with Crippen LogP contribution in [0.3, 0.4) is 0 Å². The molecule has 0 atom stereocenters. The minimum absolute atomic E-state index is 0.175. The van der Waals surface area contributed by atoms with Crippen LogP contribution in [0.25, 0.3) is 0 Å². The van der Waals surface area contributed by atoms with Gasteiger partial charge in [-0.1, -0.05) is 38.7 Å². The van der Waals surface area contributed by atoms with Crippen molar-refractivity contribution in [3.8, 4) is 0 Å². The Bertz CT molecular complexity index is 902. The molecule has 190 valence electrons. The number of imidazole rings is 1. The maximum absolute atomic E-state index is 8.41. The summed E-state index contributed by atoms with van der Waals surface area (Å²) in [5, 5.41) is 11.8. The van der Waals surface area contributed by atoms with E-state index in [1.165, 1.54) is 24.8 Å². The van der Waals surface area contributed by atoms with Gasteiger partial charge in [-0.05, 0) is 44.3 Å². The summed E-state index contributed by atoms with van der Waals surface area (Å²) in [7, 11) is 0. The molecule has 0 unspecified atom stereocenters. The lowest BCUT2D eigenvalue weighted by atomic mass is 10.1. The number of hydrogen-bond donors (Lipinski definition) is 4. The number of nitrogens with zero attached hydrogens (tertiary/aromatic N) is 4. The number of nitrogens with two attached hydrogens (primary N) is 2. The summed E-state index contributed by atoms with van der Waals surface area (Å²) >= 11 is 0. The summed E-state index contributed by atoms with van der Waals surface area (Å²) < 4.78 is 9.82. The number of aryl methyl sites for hydroxylation is 1. The van der Waals surface area contributed by atoms with E-state index in [9.17, 15) is 0 Å². The number of hydrogen-bond acceptors (Lipinski definition) is 5. The Hall–Kier alpha value is -2.97. The van der Waals surface area contributed by atoms with E-state index >= 15 is 0 Å². The Kier molecular flexibility index (Phi) is 12.7. The molecule has 0 aliphatic carbocycles. The molecule has 6 N–H and O–H groups in total. The van der Waals surface area contributed by atoms with Crippen LogP contribution >= 0.6 is 0 Å². The van der Waals surface area contributed by atoms with E-state index in [1.807, 2.05) is 34.5 Å². The molecule has 34 heavy (non-hydrogen) atoms. The minimum atomic E-state index is 0.175. The van der Waals surface area contributed by atoms with Gasteiger partial charge in [0.1, 0.15) is 12.4 Å². The zero-order chi connectivity index (χ0) is 24.6. The first-order valence-corrected chi connectivity index (χ1v) is 12.7. The molecule has 0 radical (unpaired) electrons. The Morgan fingerprint density at radius 2 is 1.82 bits per heavy atom. The second-order valence-corrected chi connectivity index (χ2v) is 8.62. The third-order valence-corrected chi connectivity index (χ3v) is 5.84. The maximum Gasteiger partial charge on any atom is 0.202 e. The van der Waals surface area contributed by atoms with Gasteiger partial charge in [0.25, 0.3) is 0 Å². The van der Waals surface area contributed by atoms with Crippen molar-refractivity contribution >= 4 is 11.8 Å². The maximum atomic E-state index is 8.41. The fourth-order valence-corrected chi connectivity index (χ4v) is 3.82. The van der Waals surface area contributed by atoms with E-state index in [1.54, 1.807) is 0 Å². The monoisotopic (exact) mass is 472 g/mol. The number of ether oxygens (including phenoxy) is 1. The molecule has 0 saturated heterocycles. The third kappa shape index (κ3) is 10.3. The molecule has 0 saturated carbocycles. The Balaban J connectivity index is 1.66. The lowest BCUT2D eigenvalue weighted by Gasteiger charge is -2.16. The van der Waals surface area contributed by atoms with Crippen molar-refractivity contribution in [3.63, 3.8) is 0 Å². The highest BCUT2D eigenvalue weighted by Crippen LogP contribution is 2.08. The average Bonchev–Trinajstić information content (AvgIpc) is 3.18. The van der Waals surface area contributed by atoms with Crippen LogP contribution in [0.2, 0.25) is 0 Å². The van der Waals surface area contributed by atoms with Gasteiger partial charge in [-0.3, -0.25) is 15.4 Å². The highest BCUT2D eigenvalue weighted by molar-refractivity contribution is 5.98. The molecule has 1 aromatic rings. The molecule has 0 spiro atoms. The first-order chi connectivity index (χ1) is 16.5. The molecular formula is C25H44N8O. The van der Waals surface area contributed by atoms with Crippen LogP contribution in [0.5, 0.6) is 0 Å². The summed E-state index contributed by atoms with van der Waals surface area (Å²) in [6.07, 6.45) is 16.9. The molecule has 2 heterocycles. The number of unbranched alkanes of at least 4 members (excludes halogenated alkanes) is 5. The predicted octanol–water partition coefficient (Wildman–Crippen LogP) is 3.03. The number of rotatable bonds is 16. The molecule has 9 heteroatoms. The average molecular weight is 473 g/mol. The highest BCUT2D eigenvalue weighted by atomic mass is 16.5. The first kappa shape index (κ1) is 27.3. The van der Waals surface area contributed by atoms with Gasteiger partial charge in [-0.25, -0.2) is 0 Å². The molecule has 0 aromatic carbocycles. The molecule has 2 rings (SSSR count). The largest absolute Gasteiger partial charge is 0.496 e. The number of allylic oxidation sites excluding steroid dienone is 3. The van der Waals surface area contributed by atoms with Crippen LogP contribution in [0.4, 0.5) is 0 Å². The van der Waals surface area contributed by atoms with E-state index in [-0.39, 0.29) is 5.96 Å². The lowest BCUT2D eigenvalue weighted by Crippen LogP contribution is -2.30. The van der Waals surface area contributed by atoms with Crippen molar-refractivity contribution < 1.29 is 4.74 Å². The van der Waals surface area contributed by atoms with Crippen LogP contribution in [0.1, 0.15) is 65.2 Å². The van der Waals surface area contributed by atoms with Crippen LogP contribution in [-0.2, 0) is 17.8 Å². The standard InChI is InChI=1S/C25H44N8O/c1-3-22(23-29-14-10-15-30-23)12-11-21(2)34-20-19-33-18-17-32(25(33)28)16-9-7-5-4-6-8-13-31-24(26)27/h11-12,17-18,28H,3-10,13-16,19-20H2,1-2H3,(H,29,30)(H4,26,27,31)/b21-11+,22-12+,28-25?. The van der Waals surface area contributed by atoms with E-state index in [0.29, 0.717) is 18.8 Å². The van der Waals surface area contributed by atoms with Crippen molar-refractivity contribution in [1.82, 2.24) is 14.5 Å². The van der Waals surface area contributed by atoms with Crippen molar-refractivity contribution in [2.24, 2.45) is 21.5 Å². The zero-order valence-corrected chi connectivity index (χ0v) is 21.1. The summed E-state index contributed by atoms with van der Waals surface area (Å²) in [6, 6.07) is 0. The summed E-state index contributed by atoms with van der Waals surface area (Å²) in [5.74, 6) is 2.05. The van der Waals surface area contributed by atoms with Gasteiger partial charge in [-0.2, -0.15) is 0 Å². The molecule has 0 bridgehead atoms. The van der Waals surface area contributed by atoms with E-state index < -0.39 is 0 Å². The van der Waals surface area contributed by atoms with Crippen LogP contribution in [0, 0.1) is 5.41 Å². The molecular weight excluding hydrogens is 428 g/mol.